The molecule has 0 saturated carbocycles. The van der Waals surface area contributed by atoms with Crippen LogP contribution in [0.5, 0.6) is 0 Å². The number of amides is 3. The van der Waals surface area contributed by atoms with Gasteiger partial charge in [-0.3, -0.25) is 14.9 Å². The van der Waals surface area contributed by atoms with Crippen molar-refractivity contribution < 1.29 is 19.1 Å². The van der Waals surface area contributed by atoms with E-state index in [1.165, 1.54) is 24.2 Å². The second kappa shape index (κ2) is 12.8. The molecule has 0 radical (unpaired) electrons. The molecule has 0 saturated heterocycles. The highest BCUT2D eigenvalue weighted by Gasteiger charge is 2.21. The number of carbonyl (C=O) groups is 3. The number of halogens is 1. The van der Waals surface area contributed by atoms with E-state index in [-0.39, 0.29) is 18.4 Å². The van der Waals surface area contributed by atoms with E-state index in [4.69, 9.17) is 16.3 Å². The summed E-state index contributed by atoms with van der Waals surface area (Å²) in [5.41, 5.74) is 5.24. The Morgan fingerprint density at radius 1 is 1.13 bits per heavy atom. The first-order valence-corrected chi connectivity index (χ1v) is 14.2. The minimum atomic E-state index is -0.612. The van der Waals surface area contributed by atoms with Gasteiger partial charge in [0.2, 0.25) is 5.91 Å². The molecule has 0 fully saturated rings. The molecule has 3 amide bonds. The average Bonchev–Trinajstić information content (AvgIpc) is 3.76. The molecular weight excluding hydrogens is 598 g/mol. The van der Waals surface area contributed by atoms with Crippen LogP contribution in [0.4, 0.5) is 10.5 Å². The first-order valence-electron chi connectivity index (χ1n) is 13.8. The maximum Gasteiger partial charge on any atom is 0.411 e. The highest BCUT2D eigenvalue weighted by Crippen LogP contribution is 2.28. The van der Waals surface area contributed by atoms with E-state index in [2.05, 4.69) is 41.4 Å². The number of imidazole rings is 1. The molecular formula is C31H26ClN9O4. The van der Waals surface area contributed by atoms with Crippen LogP contribution in [0.2, 0.25) is 5.02 Å². The smallest absolute Gasteiger partial charge is 0.411 e. The Balaban J connectivity index is 1.33. The molecule has 1 aliphatic rings. The molecule has 45 heavy (non-hydrogen) atoms. The molecule has 13 nitrogen and oxygen atoms in total. The molecule has 3 heterocycles. The van der Waals surface area contributed by atoms with Crippen LogP contribution in [0, 0.1) is 0 Å². The van der Waals surface area contributed by atoms with Crippen molar-refractivity contribution in [1.29, 1.82) is 0 Å². The van der Waals surface area contributed by atoms with Gasteiger partial charge in [-0.2, -0.15) is 4.68 Å². The Hall–Kier alpha value is -5.82. The SMILES string of the molecule is COC(=O)Nc1ccc2c(c1)CNC(=O)c1cccc(c1)CC(NC(=O)C=Cc1cc(Cl)ccc1-n1cnnn1)c1ncc-2[nH]1. The maximum atomic E-state index is 13.3. The molecule has 1 unspecified atom stereocenters. The number of tetrazole rings is 1. The number of rotatable bonds is 5. The van der Waals surface area contributed by atoms with Gasteiger partial charge in [0, 0.05) is 40.0 Å². The van der Waals surface area contributed by atoms with Crippen LogP contribution < -0.4 is 16.0 Å². The third-order valence-corrected chi connectivity index (χ3v) is 7.37. The van der Waals surface area contributed by atoms with Gasteiger partial charge >= 0.3 is 6.09 Å². The molecule has 4 N–H and O–H groups in total. The van der Waals surface area contributed by atoms with Crippen molar-refractivity contribution in [3.05, 3.63) is 112 Å². The van der Waals surface area contributed by atoms with Gasteiger partial charge in [-0.15, -0.1) is 5.10 Å². The second-order valence-corrected chi connectivity index (χ2v) is 10.5. The van der Waals surface area contributed by atoms with E-state index < -0.39 is 12.1 Å². The molecule has 6 rings (SSSR count). The Morgan fingerprint density at radius 2 is 2.02 bits per heavy atom. The summed E-state index contributed by atoms with van der Waals surface area (Å²) in [5.74, 6) is -0.116. The van der Waals surface area contributed by atoms with Crippen LogP contribution in [0.25, 0.3) is 23.0 Å². The van der Waals surface area contributed by atoms with Crippen molar-refractivity contribution in [3.63, 3.8) is 0 Å². The average molecular weight is 624 g/mol. The summed E-state index contributed by atoms with van der Waals surface area (Å²) in [6.45, 7) is 0.185. The number of carbonyl (C=O) groups excluding carboxylic acids is 3. The van der Waals surface area contributed by atoms with Gasteiger partial charge in [-0.1, -0.05) is 29.8 Å². The lowest BCUT2D eigenvalue weighted by Crippen LogP contribution is -2.29. The number of fused-ring (bicyclic) bond motifs is 6. The van der Waals surface area contributed by atoms with Gasteiger partial charge in [0.1, 0.15) is 12.2 Å². The zero-order chi connectivity index (χ0) is 31.3. The van der Waals surface area contributed by atoms with Crippen LogP contribution in [0.3, 0.4) is 0 Å². The number of H-pyrrole nitrogens is 1. The zero-order valence-electron chi connectivity index (χ0n) is 23.8. The summed E-state index contributed by atoms with van der Waals surface area (Å²) in [5, 5.41) is 20.4. The van der Waals surface area contributed by atoms with Crippen molar-refractivity contribution in [1.82, 2.24) is 40.8 Å². The normalized spacial score (nSPS) is 14.4. The van der Waals surface area contributed by atoms with Gasteiger partial charge < -0.3 is 20.4 Å². The molecule has 4 bridgehead atoms. The number of hydrogen-bond donors (Lipinski definition) is 4. The minimum Gasteiger partial charge on any atom is -0.453 e. The topological polar surface area (TPSA) is 169 Å². The van der Waals surface area contributed by atoms with Gasteiger partial charge in [0.05, 0.1) is 30.7 Å². The van der Waals surface area contributed by atoms with Gasteiger partial charge in [0.25, 0.3) is 5.91 Å². The third kappa shape index (κ3) is 6.73. The Bertz CT molecular complexity index is 1920. The summed E-state index contributed by atoms with van der Waals surface area (Å²) in [6.07, 6.45) is 5.90. The first kappa shape index (κ1) is 29.3. The van der Waals surface area contributed by atoms with Gasteiger partial charge in [0.15, 0.2) is 0 Å². The van der Waals surface area contributed by atoms with E-state index in [1.54, 1.807) is 60.8 Å². The molecule has 0 spiro atoms. The summed E-state index contributed by atoms with van der Waals surface area (Å²) in [6, 6.07) is 17.1. The number of methoxy groups -OCH3 is 1. The minimum absolute atomic E-state index is 0.185. The number of anilines is 1. The highest BCUT2D eigenvalue weighted by molar-refractivity contribution is 6.30. The number of nitrogens with zero attached hydrogens (tertiary/aromatic N) is 5. The fourth-order valence-corrected chi connectivity index (χ4v) is 5.17. The predicted molar refractivity (Wildman–Crippen MR) is 165 cm³/mol. The number of aromatic nitrogens is 6. The lowest BCUT2D eigenvalue weighted by atomic mass is 10.0. The van der Waals surface area contributed by atoms with Crippen molar-refractivity contribution in [2.75, 3.05) is 12.4 Å². The number of benzene rings is 3. The van der Waals surface area contributed by atoms with E-state index in [0.29, 0.717) is 45.5 Å². The van der Waals surface area contributed by atoms with Gasteiger partial charge in [-0.05, 0) is 76.5 Å². The van der Waals surface area contributed by atoms with E-state index in [0.717, 1.165) is 16.7 Å². The largest absolute Gasteiger partial charge is 0.453 e. The number of aromatic amines is 1. The predicted octanol–water partition coefficient (Wildman–Crippen LogP) is 4.24. The summed E-state index contributed by atoms with van der Waals surface area (Å²) in [4.78, 5) is 46.2. The summed E-state index contributed by atoms with van der Waals surface area (Å²) in [7, 11) is 1.28. The van der Waals surface area contributed by atoms with Crippen LogP contribution in [-0.2, 0) is 22.5 Å². The Kier molecular flexibility index (Phi) is 8.33. The third-order valence-electron chi connectivity index (χ3n) is 7.14. The van der Waals surface area contributed by atoms with Crippen molar-refractivity contribution in [2.24, 2.45) is 0 Å². The number of ether oxygens (including phenoxy) is 1. The highest BCUT2D eigenvalue weighted by atomic mass is 35.5. The van der Waals surface area contributed by atoms with Crippen LogP contribution in [0.15, 0.2) is 79.3 Å². The summed E-state index contributed by atoms with van der Waals surface area (Å²) >= 11 is 6.23. The molecule has 1 aliphatic heterocycles. The lowest BCUT2D eigenvalue weighted by molar-refractivity contribution is -0.117. The zero-order valence-corrected chi connectivity index (χ0v) is 24.6. The molecule has 14 heteroatoms. The maximum absolute atomic E-state index is 13.3. The Labute approximate surface area is 261 Å². The monoisotopic (exact) mass is 623 g/mol. The standard InChI is InChI=1S/C31H26ClN9O4/c1-45-31(44)36-23-7-8-24-21(14-23)15-34-30(43)20-4-2-3-18(11-20)12-25(29-33-16-26(24)38-29)37-28(42)10-5-19-13-22(32)6-9-27(19)41-17-35-39-40-41/h2-11,13-14,16-17,25H,12,15H2,1H3,(H,33,38)(H,34,43)(H,36,44)(H,37,42). The molecule has 226 valence electrons. The fourth-order valence-electron chi connectivity index (χ4n) is 4.99. The fraction of sp³-hybridized carbons (Fsp3) is 0.129. The summed E-state index contributed by atoms with van der Waals surface area (Å²) < 4.78 is 6.19. The lowest BCUT2D eigenvalue weighted by Gasteiger charge is -2.16. The van der Waals surface area contributed by atoms with Crippen LogP contribution in [0.1, 0.15) is 38.9 Å². The van der Waals surface area contributed by atoms with Crippen LogP contribution in [-0.4, -0.2) is 55.2 Å². The molecule has 1 atom stereocenters. The van der Waals surface area contributed by atoms with Crippen molar-refractivity contribution in [3.8, 4) is 16.9 Å². The number of nitrogens with one attached hydrogen (secondary N) is 4. The van der Waals surface area contributed by atoms with E-state index in [9.17, 15) is 14.4 Å². The Morgan fingerprint density at radius 3 is 2.84 bits per heavy atom. The second-order valence-electron chi connectivity index (χ2n) is 10.1. The first-order chi connectivity index (χ1) is 21.9. The quantitative estimate of drug-likeness (QED) is 0.211. The van der Waals surface area contributed by atoms with Gasteiger partial charge in [-0.25, -0.2) is 9.78 Å². The van der Waals surface area contributed by atoms with Crippen molar-refractivity contribution in [2.45, 2.75) is 19.0 Å². The number of hydrogen-bond acceptors (Lipinski definition) is 8. The van der Waals surface area contributed by atoms with E-state index in [1.807, 2.05) is 12.1 Å². The molecule has 2 aromatic heterocycles. The molecule has 5 aromatic rings. The van der Waals surface area contributed by atoms with Crippen LogP contribution >= 0.6 is 11.6 Å². The van der Waals surface area contributed by atoms with Crippen molar-refractivity contribution >= 4 is 41.3 Å². The molecule has 0 aliphatic carbocycles. The van der Waals surface area contributed by atoms with E-state index >= 15 is 0 Å². The molecule has 3 aromatic carbocycles.